The Bertz CT molecular complexity index is 151. The standard InChI is InChI=1S/C6H8O.CH2O2/c1-2-7-6-3-5(1)4-6;2-1-3/h3,5H,1-2,4H2;1H,(H,2,3). The number of hydrogen-bond donors (Lipinski definition) is 1. The summed E-state index contributed by atoms with van der Waals surface area (Å²) in [7, 11) is 0. The molecule has 3 rings (SSSR count). The van der Waals surface area contributed by atoms with Crippen molar-refractivity contribution in [3.63, 3.8) is 0 Å². The number of carbonyl (C=O) groups is 1. The number of ether oxygens (including phenoxy) is 1. The van der Waals surface area contributed by atoms with E-state index in [1.807, 2.05) is 0 Å². The van der Waals surface area contributed by atoms with Crippen LogP contribution in [0.2, 0.25) is 0 Å². The van der Waals surface area contributed by atoms with E-state index in [1.54, 1.807) is 0 Å². The molecule has 1 fully saturated rings. The first kappa shape index (κ1) is 7.12. The number of hydrogen-bond acceptors (Lipinski definition) is 2. The van der Waals surface area contributed by atoms with Gasteiger partial charge in [-0.2, -0.15) is 0 Å². The molecule has 0 aromatic carbocycles. The fraction of sp³-hybridized carbons (Fsp3) is 0.571. The number of carboxylic acid groups (broad SMARTS) is 1. The largest absolute Gasteiger partial charge is 0.498 e. The summed E-state index contributed by atoms with van der Waals surface area (Å²) >= 11 is 0. The van der Waals surface area contributed by atoms with Crippen LogP contribution in [0.3, 0.4) is 0 Å². The van der Waals surface area contributed by atoms with Gasteiger partial charge in [0.2, 0.25) is 0 Å². The number of fused-ring (bicyclic) bond motifs is 2. The SMILES string of the molecule is C1=C2CC1CCO2.O=CO. The van der Waals surface area contributed by atoms with Crippen LogP contribution in [-0.4, -0.2) is 18.2 Å². The predicted octanol–water partition coefficient (Wildman–Crippen LogP) is 1.01. The van der Waals surface area contributed by atoms with Crippen LogP contribution in [0.4, 0.5) is 0 Å². The molecule has 1 aliphatic carbocycles. The summed E-state index contributed by atoms with van der Waals surface area (Å²) < 4.78 is 5.20. The Morgan fingerprint density at radius 1 is 1.80 bits per heavy atom. The van der Waals surface area contributed by atoms with Crippen molar-refractivity contribution in [1.29, 1.82) is 0 Å². The predicted molar refractivity (Wildman–Crippen MR) is 35.5 cm³/mol. The third kappa shape index (κ3) is 1.50. The van der Waals surface area contributed by atoms with Crippen molar-refractivity contribution >= 4 is 6.47 Å². The van der Waals surface area contributed by atoms with Gasteiger partial charge in [0.1, 0.15) is 0 Å². The first-order valence-corrected chi connectivity index (χ1v) is 3.28. The summed E-state index contributed by atoms with van der Waals surface area (Å²) in [5, 5.41) is 6.89. The Balaban J connectivity index is 0.000000148. The van der Waals surface area contributed by atoms with Crippen molar-refractivity contribution in [2.75, 3.05) is 6.61 Å². The Morgan fingerprint density at radius 3 is 2.50 bits per heavy atom. The van der Waals surface area contributed by atoms with Crippen LogP contribution in [-0.2, 0) is 9.53 Å². The third-order valence-electron chi connectivity index (χ3n) is 1.66. The monoisotopic (exact) mass is 142 g/mol. The van der Waals surface area contributed by atoms with Gasteiger partial charge in [0.05, 0.1) is 12.4 Å². The minimum absolute atomic E-state index is 0.250. The molecule has 0 amide bonds. The highest BCUT2D eigenvalue weighted by Crippen LogP contribution is 2.33. The molecule has 1 atom stereocenters. The lowest BCUT2D eigenvalue weighted by atomic mass is 9.88. The van der Waals surface area contributed by atoms with Crippen LogP contribution in [0.1, 0.15) is 12.8 Å². The van der Waals surface area contributed by atoms with Gasteiger partial charge < -0.3 is 9.84 Å². The van der Waals surface area contributed by atoms with Crippen molar-refractivity contribution in [1.82, 2.24) is 0 Å². The minimum Gasteiger partial charge on any atom is -0.498 e. The van der Waals surface area contributed by atoms with Gasteiger partial charge in [-0.25, -0.2) is 0 Å². The van der Waals surface area contributed by atoms with Crippen molar-refractivity contribution in [3.05, 3.63) is 11.8 Å². The summed E-state index contributed by atoms with van der Waals surface area (Å²) in [6.07, 6.45) is 4.70. The summed E-state index contributed by atoms with van der Waals surface area (Å²) in [5.41, 5.74) is 0. The van der Waals surface area contributed by atoms with Gasteiger partial charge in [0, 0.05) is 6.42 Å². The lowest BCUT2D eigenvalue weighted by Gasteiger charge is -2.31. The van der Waals surface area contributed by atoms with Gasteiger partial charge in [-0.05, 0) is 18.4 Å². The smallest absolute Gasteiger partial charge is 0.290 e. The second-order valence-electron chi connectivity index (χ2n) is 2.34. The van der Waals surface area contributed by atoms with E-state index in [4.69, 9.17) is 14.6 Å². The van der Waals surface area contributed by atoms with E-state index in [0.29, 0.717) is 0 Å². The zero-order valence-corrected chi connectivity index (χ0v) is 5.62. The van der Waals surface area contributed by atoms with E-state index in [2.05, 4.69) is 6.08 Å². The molecule has 1 unspecified atom stereocenters. The van der Waals surface area contributed by atoms with Crippen molar-refractivity contribution in [2.24, 2.45) is 5.92 Å². The normalized spacial score (nSPS) is 26.0. The molecule has 1 saturated heterocycles. The summed E-state index contributed by atoms with van der Waals surface area (Å²) in [6, 6.07) is 0. The maximum atomic E-state index is 8.36. The first-order valence-electron chi connectivity index (χ1n) is 3.28. The van der Waals surface area contributed by atoms with Crippen molar-refractivity contribution in [2.45, 2.75) is 12.8 Å². The van der Waals surface area contributed by atoms with E-state index in [9.17, 15) is 0 Å². The highest BCUT2D eigenvalue weighted by Gasteiger charge is 2.24. The van der Waals surface area contributed by atoms with Crippen LogP contribution in [0.5, 0.6) is 0 Å². The Morgan fingerprint density at radius 2 is 2.40 bits per heavy atom. The van der Waals surface area contributed by atoms with Crippen LogP contribution < -0.4 is 0 Å². The fourth-order valence-electron chi connectivity index (χ4n) is 1.12. The number of rotatable bonds is 0. The van der Waals surface area contributed by atoms with Gasteiger partial charge in [-0.1, -0.05) is 0 Å². The van der Waals surface area contributed by atoms with Gasteiger partial charge in [0.15, 0.2) is 0 Å². The molecule has 10 heavy (non-hydrogen) atoms. The first-order chi connectivity index (χ1) is 4.86. The van der Waals surface area contributed by atoms with E-state index in [1.165, 1.54) is 18.6 Å². The molecule has 0 saturated carbocycles. The van der Waals surface area contributed by atoms with Crippen molar-refractivity contribution < 1.29 is 14.6 Å². The molecule has 3 aliphatic rings. The van der Waals surface area contributed by atoms with Gasteiger partial charge in [-0.15, -0.1) is 0 Å². The molecule has 0 aromatic heterocycles. The maximum Gasteiger partial charge on any atom is 0.290 e. The molecule has 0 spiro atoms. The van der Waals surface area contributed by atoms with Crippen LogP contribution in [0.25, 0.3) is 0 Å². The van der Waals surface area contributed by atoms with Crippen molar-refractivity contribution in [3.8, 4) is 0 Å². The molecule has 56 valence electrons. The van der Waals surface area contributed by atoms with E-state index in [0.717, 1.165) is 12.5 Å². The topological polar surface area (TPSA) is 46.5 Å². The summed E-state index contributed by atoms with van der Waals surface area (Å²) in [4.78, 5) is 8.36. The second-order valence-corrected chi connectivity index (χ2v) is 2.34. The average Bonchev–Trinajstić information content (AvgIpc) is 1.90. The quantitative estimate of drug-likeness (QED) is 0.513. The summed E-state index contributed by atoms with van der Waals surface area (Å²) in [6.45, 7) is 0.719. The van der Waals surface area contributed by atoms with Crippen LogP contribution >= 0.6 is 0 Å². The molecule has 2 aliphatic heterocycles. The fourth-order valence-corrected chi connectivity index (χ4v) is 1.12. The van der Waals surface area contributed by atoms with E-state index < -0.39 is 0 Å². The Kier molecular flexibility index (Phi) is 2.31. The molecule has 2 heterocycles. The zero-order chi connectivity index (χ0) is 7.40. The van der Waals surface area contributed by atoms with Crippen LogP contribution in [0.15, 0.2) is 11.8 Å². The molecular formula is C7H10O3. The zero-order valence-electron chi connectivity index (χ0n) is 5.62. The lowest BCUT2D eigenvalue weighted by molar-refractivity contribution is -0.122. The second kappa shape index (κ2) is 3.25. The highest BCUT2D eigenvalue weighted by atomic mass is 16.5. The van der Waals surface area contributed by atoms with E-state index >= 15 is 0 Å². The molecule has 3 nitrogen and oxygen atoms in total. The number of allylic oxidation sites excluding steroid dienone is 2. The average molecular weight is 142 g/mol. The highest BCUT2D eigenvalue weighted by molar-refractivity contribution is 5.32. The summed E-state index contributed by atoms with van der Waals surface area (Å²) in [5.74, 6) is 2.12. The third-order valence-corrected chi connectivity index (χ3v) is 1.66. The minimum atomic E-state index is -0.250. The Labute approximate surface area is 59.3 Å². The Hall–Kier alpha value is -0.990. The lowest BCUT2D eigenvalue weighted by Crippen LogP contribution is -2.21. The van der Waals surface area contributed by atoms with Gasteiger partial charge in [-0.3, -0.25) is 4.79 Å². The molecule has 2 bridgehead atoms. The van der Waals surface area contributed by atoms with Gasteiger partial charge in [0.25, 0.3) is 6.47 Å². The molecule has 0 aromatic rings. The molecule has 3 heteroatoms. The van der Waals surface area contributed by atoms with Crippen LogP contribution in [0, 0.1) is 5.92 Å². The molecule has 1 N–H and O–H groups in total. The molecule has 0 radical (unpaired) electrons. The molecular weight excluding hydrogens is 132 g/mol. The maximum absolute atomic E-state index is 8.36. The van der Waals surface area contributed by atoms with E-state index in [-0.39, 0.29) is 6.47 Å². The van der Waals surface area contributed by atoms with Gasteiger partial charge >= 0.3 is 0 Å².